The van der Waals surface area contributed by atoms with Crippen LogP contribution in [0.1, 0.15) is 46.5 Å². The number of amides is 1. The van der Waals surface area contributed by atoms with Gasteiger partial charge in [-0.05, 0) is 30.2 Å². The SMILES string of the molecule is CN(CC(C)(C)C)C(=O)CC1(CN)CCC1. The third-order valence-corrected chi connectivity index (χ3v) is 3.51. The minimum absolute atomic E-state index is 0.128. The summed E-state index contributed by atoms with van der Waals surface area (Å²) in [5.41, 5.74) is 6.07. The van der Waals surface area contributed by atoms with Crippen molar-refractivity contribution in [3.63, 3.8) is 0 Å². The van der Waals surface area contributed by atoms with Gasteiger partial charge in [-0.2, -0.15) is 0 Å². The maximum absolute atomic E-state index is 12.1. The van der Waals surface area contributed by atoms with Gasteiger partial charge in [0.1, 0.15) is 0 Å². The molecule has 0 heterocycles. The molecule has 94 valence electrons. The first-order chi connectivity index (χ1) is 7.28. The van der Waals surface area contributed by atoms with E-state index in [1.54, 1.807) is 0 Å². The monoisotopic (exact) mass is 226 g/mol. The van der Waals surface area contributed by atoms with Gasteiger partial charge in [0.05, 0.1) is 0 Å². The normalized spacial score (nSPS) is 19.1. The Bertz CT molecular complexity index is 246. The summed E-state index contributed by atoms with van der Waals surface area (Å²) in [6.45, 7) is 7.92. The predicted molar refractivity (Wildman–Crippen MR) is 67.0 cm³/mol. The summed E-state index contributed by atoms with van der Waals surface area (Å²) in [7, 11) is 1.90. The zero-order valence-electron chi connectivity index (χ0n) is 11.2. The summed E-state index contributed by atoms with van der Waals surface area (Å²) >= 11 is 0. The van der Waals surface area contributed by atoms with E-state index in [0.29, 0.717) is 13.0 Å². The van der Waals surface area contributed by atoms with Crippen molar-refractivity contribution in [3.05, 3.63) is 0 Å². The fourth-order valence-corrected chi connectivity index (χ4v) is 2.39. The van der Waals surface area contributed by atoms with Crippen LogP contribution in [-0.4, -0.2) is 30.9 Å². The van der Waals surface area contributed by atoms with Gasteiger partial charge < -0.3 is 10.6 Å². The van der Waals surface area contributed by atoms with Gasteiger partial charge in [0.15, 0.2) is 0 Å². The molecule has 1 fully saturated rings. The molecule has 0 spiro atoms. The van der Waals surface area contributed by atoms with E-state index in [2.05, 4.69) is 20.8 Å². The van der Waals surface area contributed by atoms with Crippen LogP contribution >= 0.6 is 0 Å². The van der Waals surface area contributed by atoms with Gasteiger partial charge >= 0.3 is 0 Å². The van der Waals surface area contributed by atoms with E-state index < -0.39 is 0 Å². The topological polar surface area (TPSA) is 46.3 Å². The highest BCUT2D eigenvalue weighted by molar-refractivity contribution is 5.76. The van der Waals surface area contributed by atoms with Crippen LogP contribution < -0.4 is 5.73 Å². The maximum Gasteiger partial charge on any atom is 0.222 e. The minimum atomic E-state index is 0.128. The highest BCUT2D eigenvalue weighted by Crippen LogP contribution is 2.43. The van der Waals surface area contributed by atoms with E-state index in [1.165, 1.54) is 6.42 Å². The van der Waals surface area contributed by atoms with Crippen LogP contribution in [0.4, 0.5) is 0 Å². The average Bonchev–Trinajstić information content (AvgIpc) is 2.08. The summed E-state index contributed by atoms with van der Waals surface area (Å²) in [5, 5.41) is 0. The quantitative estimate of drug-likeness (QED) is 0.797. The lowest BCUT2D eigenvalue weighted by atomic mass is 9.66. The van der Waals surface area contributed by atoms with Crippen molar-refractivity contribution in [1.29, 1.82) is 0 Å². The minimum Gasteiger partial charge on any atom is -0.345 e. The summed E-state index contributed by atoms with van der Waals surface area (Å²) in [4.78, 5) is 13.9. The van der Waals surface area contributed by atoms with Crippen LogP contribution in [0.5, 0.6) is 0 Å². The zero-order valence-corrected chi connectivity index (χ0v) is 11.2. The Kier molecular flexibility index (Phi) is 4.00. The fourth-order valence-electron chi connectivity index (χ4n) is 2.39. The standard InChI is InChI=1S/C13H26N2O/c1-12(2,3)10-15(4)11(16)8-13(9-14)6-5-7-13/h5-10,14H2,1-4H3. The van der Waals surface area contributed by atoms with Gasteiger partial charge in [-0.25, -0.2) is 0 Å². The molecule has 0 aromatic heterocycles. The molecule has 1 amide bonds. The largest absolute Gasteiger partial charge is 0.345 e. The van der Waals surface area contributed by atoms with Crippen molar-refractivity contribution >= 4 is 5.91 Å². The third-order valence-electron chi connectivity index (χ3n) is 3.51. The molecule has 1 saturated carbocycles. The van der Waals surface area contributed by atoms with Crippen LogP contribution in [-0.2, 0) is 4.79 Å². The number of nitrogens with two attached hydrogens (primary N) is 1. The number of carbonyl (C=O) groups is 1. The Morgan fingerprint density at radius 3 is 2.25 bits per heavy atom. The predicted octanol–water partition coefficient (Wildman–Crippen LogP) is 2.01. The second-order valence-electron chi connectivity index (χ2n) is 6.54. The Morgan fingerprint density at radius 1 is 1.38 bits per heavy atom. The molecule has 2 N–H and O–H groups in total. The Hall–Kier alpha value is -0.570. The lowest BCUT2D eigenvalue weighted by Crippen LogP contribution is -2.43. The van der Waals surface area contributed by atoms with E-state index >= 15 is 0 Å². The molecule has 3 nitrogen and oxygen atoms in total. The van der Waals surface area contributed by atoms with Gasteiger partial charge in [-0.3, -0.25) is 4.79 Å². The first kappa shape index (κ1) is 13.5. The number of rotatable bonds is 4. The van der Waals surface area contributed by atoms with Gasteiger partial charge in [0, 0.05) is 20.0 Å². The average molecular weight is 226 g/mol. The molecular weight excluding hydrogens is 200 g/mol. The molecule has 16 heavy (non-hydrogen) atoms. The fraction of sp³-hybridized carbons (Fsp3) is 0.923. The van der Waals surface area contributed by atoms with Crippen LogP contribution in [0, 0.1) is 10.8 Å². The summed E-state index contributed by atoms with van der Waals surface area (Å²) in [6, 6.07) is 0. The van der Waals surface area contributed by atoms with E-state index in [4.69, 9.17) is 5.73 Å². The molecule has 1 rings (SSSR count). The molecule has 0 aromatic carbocycles. The zero-order chi connectivity index (χ0) is 12.4. The first-order valence-electron chi connectivity index (χ1n) is 6.22. The summed E-state index contributed by atoms with van der Waals surface area (Å²) in [6.07, 6.45) is 4.11. The second-order valence-corrected chi connectivity index (χ2v) is 6.54. The van der Waals surface area contributed by atoms with Crippen molar-refractivity contribution in [2.24, 2.45) is 16.6 Å². The molecule has 0 unspecified atom stereocenters. The van der Waals surface area contributed by atoms with Crippen molar-refractivity contribution in [2.45, 2.75) is 46.5 Å². The van der Waals surface area contributed by atoms with E-state index in [1.807, 2.05) is 11.9 Å². The molecule has 3 heteroatoms. The lowest BCUT2D eigenvalue weighted by molar-refractivity contribution is -0.134. The highest BCUT2D eigenvalue weighted by atomic mass is 16.2. The molecule has 1 aliphatic rings. The van der Waals surface area contributed by atoms with Gasteiger partial charge in [-0.15, -0.1) is 0 Å². The van der Waals surface area contributed by atoms with E-state index in [-0.39, 0.29) is 16.7 Å². The number of hydrogen-bond acceptors (Lipinski definition) is 2. The van der Waals surface area contributed by atoms with Crippen LogP contribution in [0.3, 0.4) is 0 Å². The maximum atomic E-state index is 12.1. The van der Waals surface area contributed by atoms with Gasteiger partial charge in [0.2, 0.25) is 5.91 Å². The lowest BCUT2D eigenvalue weighted by Gasteiger charge is -2.41. The third kappa shape index (κ3) is 3.48. The Morgan fingerprint density at radius 2 is 1.94 bits per heavy atom. The molecule has 0 atom stereocenters. The summed E-state index contributed by atoms with van der Waals surface area (Å²) < 4.78 is 0. The smallest absolute Gasteiger partial charge is 0.222 e. The van der Waals surface area contributed by atoms with E-state index in [9.17, 15) is 4.79 Å². The van der Waals surface area contributed by atoms with Gasteiger partial charge in [-0.1, -0.05) is 27.2 Å². The number of carbonyl (C=O) groups excluding carboxylic acids is 1. The number of nitrogens with zero attached hydrogens (tertiary/aromatic N) is 1. The molecule has 1 aliphatic carbocycles. The van der Waals surface area contributed by atoms with Gasteiger partial charge in [0.25, 0.3) is 0 Å². The van der Waals surface area contributed by atoms with E-state index in [0.717, 1.165) is 19.4 Å². The number of hydrogen-bond donors (Lipinski definition) is 1. The summed E-state index contributed by atoms with van der Waals surface area (Å²) in [5.74, 6) is 0.250. The molecule has 0 radical (unpaired) electrons. The Balaban J connectivity index is 2.45. The molecule has 0 saturated heterocycles. The highest BCUT2D eigenvalue weighted by Gasteiger charge is 2.38. The molecular formula is C13H26N2O. The van der Waals surface area contributed by atoms with Crippen LogP contribution in [0.2, 0.25) is 0 Å². The van der Waals surface area contributed by atoms with Crippen LogP contribution in [0.15, 0.2) is 0 Å². The van der Waals surface area contributed by atoms with Crippen molar-refractivity contribution in [3.8, 4) is 0 Å². The van der Waals surface area contributed by atoms with Crippen LogP contribution in [0.25, 0.3) is 0 Å². The molecule has 0 bridgehead atoms. The second kappa shape index (κ2) is 4.74. The van der Waals surface area contributed by atoms with Crippen molar-refractivity contribution in [2.75, 3.05) is 20.1 Å². The Labute approximate surface area is 99.4 Å². The van der Waals surface area contributed by atoms with Crippen molar-refractivity contribution in [1.82, 2.24) is 4.90 Å². The molecule has 0 aliphatic heterocycles. The van der Waals surface area contributed by atoms with Crippen molar-refractivity contribution < 1.29 is 4.79 Å². The first-order valence-corrected chi connectivity index (χ1v) is 6.22. The molecule has 0 aromatic rings.